The molecule has 37 heavy (non-hydrogen) atoms. The van der Waals surface area contributed by atoms with Crippen LogP contribution in [-0.2, 0) is 15.4 Å². The van der Waals surface area contributed by atoms with E-state index in [9.17, 15) is 13.5 Å². The molecule has 0 aromatic heterocycles. The highest BCUT2D eigenvalue weighted by molar-refractivity contribution is 7.92. The largest absolute Gasteiger partial charge is 0.504 e. The molecule has 0 bridgehead atoms. The number of hydrogen-bond acceptors (Lipinski definition) is 7. The number of anilines is 1. The van der Waals surface area contributed by atoms with Crippen LogP contribution in [0.5, 0.6) is 28.7 Å². The summed E-state index contributed by atoms with van der Waals surface area (Å²) in [6.07, 6.45) is 3.45. The van der Waals surface area contributed by atoms with Crippen LogP contribution in [0.3, 0.4) is 0 Å². The van der Waals surface area contributed by atoms with Crippen molar-refractivity contribution in [3.63, 3.8) is 0 Å². The lowest BCUT2D eigenvalue weighted by Crippen LogP contribution is -2.16. The second kappa shape index (κ2) is 11.0. The van der Waals surface area contributed by atoms with E-state index in [4.69, 9.17) is 18.9 Å². The maximum Gasteiger partial charge on any atom is 0.262 e. The lowest BCUT2D eigenvalue weighted by atomic mass is 9.87. The normalized spacial score (nSPS) is 11.9. The van der Waals surface area contributed by atoms with Crippen molar-refractivity contribution in [1.82, 2.24) is 0 Å². The third-order valence-electron chi connectivity index (χ3n) is 5.78. The molecule has 0 heterocycles. The molecule has 0 amide bonds. The summed E-state index contributed by atoms with van der Waals surface area (Å²) < 4.78 is 50.7. The van der Waals surface area contributed by atoms with E-state index in [1.807, 2.05) is 0 Å². The second-order valence-electron chi connectivity index (χ2n) is 9.25. The molecule has 2 N–H and O–H groups in total. The predicted molar refractivity (Wildman–Crippen MR) is 146 cm³/mol. The van der Waals surface area contributed by atoms with Crippen molar-refractivity contribution in [3.05, 3.63) is 65.2 Å². The maximum absolute atomic E-state index is 13.3. The number of methoxy groups -OCH3 is 4. The van der Waals surface area contributed by atoms with Gasteiger partial charge in [-0.3, -0.25) is 4.72 Å². The fourth-order valence-corrected chi connectivity index (χ4v) is 4.84. The van der Waals surface area contributed by atoms with Crippen LogP contribution in [-0.4, -0.2) is 42.0 Å². The Morgan fingerprint density at radius 2 is 1.35 bits per heavy atom. The molecule has 0 atom stereocenters. The van der Waals surface area contributed by atoms with Gasteiger partial charge in [0, 0.05) is 5.56 Å². The van der Waals surface area contributed by atoms with Gasteiger partial charge in [-0.2, -0.15) is 0 Å². The van der Waals surface area contributed by atoms with Gasteiger partial charge in [-0.05, 0) is 52.9 Å². The summed E-state index contributed by atoms with van der Waals surface area (Å²) in [5, 5.41) is 10.4. The number of benzene rings is 3. The number of nitrogens with one attached hydrogen (secondary N) is 1. The fourth-order valence-electron chi connectivity index (χ4n) is 3.75. The van der Waals surface area contributed by atoms with Gasteiger partial charge in [0.15, 0.2) is 23.0 Å². The van der Waals surface area contributed by atoms with Gasteiger partial charge in [-0.1, -0.05) is 45.1 Å². The molecule has 0 saturated heterocycles. The van der Waals surface area contributed by atoms with E-state index >= 15 is 0 Å². The molecule has 0 spiro atoms. The van der Waals surface area contributed by atoms with Crippen LogP contribution in [0.4, 0.5) is 5.69 Å². The lowest BCUT2D eigenvalue weighted by Gasteiger charge is -2.20. The maximum atomic E-state index is 13.3. The fraction of sp³-hybridized carbons (Fsp3) is 0.286. The number of phenolic OH excluding ortho intramolecular Hbond substituents is 1. The van der Waals surface area contributed by atoms with Crippen molar-refractivity contribution in [2.24, 2.45) is 0 Å². The van der Waals surface area contributed by atoms with E-state index in [0.717, 1.165) is 5.56 Å². The smallest absolute Gasteiger partial charge is 0.262 e. The summed E-state index contributed by atoms with van der Waals surface area (Å²) in [6.45, 7) is 6.16. The first-order chi connectivity index (χ1) is 17.4. The molecule has 9 heteroatoms. The van der Waals surface area contributed by atoms with Crippen LogP contribution in [0.2, 0.25) is 0 Å². The Bertz CT molecular complexity index is 1360. The third-order valence-corrected chi connectivity index (χ3v) is 7.15. The molecule has 0 radical (unpaired) electrons. The summed E-state index contributed by atoms with van der Waals surface area (Å²) in [4.78, 5) is 0.0884. The van der Waals surface area contributed by atoms with E-state index in [-0.39, 0.29) is 27.5 Å². The van der Waals surface area contributed by atoms with Crippen LogP contribution in [0.25, 0.3) is 12.2 Å². The standard InChI is InChI=1S/C28H33NO7S/c1-28(2,3)20-11-13-21(14-12-20)37(31,32)29-25-19(10-15-22(30)26(25)35-6)9-8-18-16-23(33-4)27(36-7)24(17-18)34-5/h8-17,29-30H,1-7H3/b9-8-. The van der Waals surface area contributed by atoms with Gasteiger partial charge >= 0.3 is 0 Å². The van der Waals surface area contributed by atoms with Crippen LogP contribution in [0.1, 0.15) is 37.5 Å². The first-order valence-electron chi connectivity index (χ1n) is 11.5. The third kappa shape index (κ3) is 6.11. The number of rotatable bonds is 9. The highest BCUT2D eigenvalue weighted by atomic mass is 32.2. The highest BCUT2D eigenvalue weighted by Gasteiger charge is 2.22. The number of aromatic hydroxyl groups is 1. The lowest BCUT2D eigenvalue weighted by molar-refractivity contribution is 0.324. The molecule has 0 unspecified atom stereocenters. The van der Waals surface area contributed by atoms with Crippen molar-refractivity contribution in [2.45, 2.75) is 31.1 Å². The van der Waals surface area contributed by atoms with Crippen molar-refractivity contribution >= 4 is 27.9 Å². The molecule has 8 nitrogen and oxygen atoms in total. The van der Waals surface area contributed by atoms with E-state index in [1.54, 1.807) is 54.6 Å². The summed E-state index contributed by atoms with van der Waals surface area (Å²) in [5.74, 6) is 1.21. The second-order valence-corrected chi connectivity index (χ2v) is 10.9. The summed E-state index contributed by atoms with van der Waals surface area (Å²) >= 11 is 0. The van der Waals surface area contributed by atoms with Gasteiger partial charge < -0.3 is 24.1 Å². The van der Waals surface area contributed by atoms with Crippen LogP contribution < -0.4 is 23.7 Å². The minimum absolute atomic E-state index is 0.00179. The Morgan fingerprint density at radius 1 is 0.784 bits per heavy atom. The van der Waals surface area contributed by atoms with Crippen molar-refractivity contribution in [3.8, 4) is 28.7 Å². The Kier molecular flexibility index (Phi) is 8.28. The van der Waals surface area contributed by atoms with E-state index < -0.39 is 10.0 Å². The van der Waals surface area contributed by atoms with Crippen molar-refractivity contribution in [2.75, 3.05) is 33.2 Å². The minimum Gasteiger partial charge on any atom is -0.504 e. The molecule has 3 aromatic rings. The van der Waals surface area contributed by atoms with Crippen molar-refractivity contribution in [1.29, 1.82) is 0 Å². The molecule has 198 valence electrons. The van der Waals surface area contributed by atoms with E-state index in [1.165, 1.54) is 34.5 Å². The summed E-state index contributed by atoms with van der Waals surface area (Å²) in [6, 6.07) is 13.2. The first-order valence-corrected chi connectivity index (χ1v) is 12.9. The van der Waals surface area contributed by atoms with Crippen LogP contribution in [0, 0.1) is 0 Å². The van der Waals surface area contributed by atoms with Gasteiger partial charge in [0.05, 0.1) is 33.3 Å². The Morgan fingerprint density at radius 3 is 1.84 bits per heavy atom. The Labute approximate surface area is 218 Å². The quantitative estimate of drug-likeness (QED) is 0.344. The van der Waals surface area contributed by atoms with Gasteiger partial charge in [-0.15, -0.1) is 0 Å². The first kappa shape index (κ1) is 27.7. The average Bonchev–Trinajstić information content (AvgIpc) is 2.87. The minimum atomic E-state index is -3.99. The molecular formula is C28H33NO7S. The number of sulfonamides is 1. The zero-order valence-electron chi connectivity index (χ0n) is 22.1. The molecule has 0 aliphatic carbocycles. The zero-order chi connectivity index (χ0) is 27.4. The van der Waals surface area contributed by atoms with Crippen molar-refractivity contribution < 1.29 is 32.5 Å². The molecule has 0 saturated carbocycles. The molecule has 3 aromatic carbocycles. The Hall–Kier alpha value is -3.85. The molecule has 0 aliphatic heterocycles. The number of ether oxygens (including phenoxy) is 4. The summed E-state index contributed by atoms with van der Waals surface area (Å²) in [7, 11) is 1.94. The molecule has 0 fully saturated rings. The summed E-state index contributed by atoms with van der Waals surface area (Å²) in [5.41, 5.74) is 2.18. The van der Waals surface area contributed by atoms with E-state index in [0.29, 0.717) is 28.4 Å². The predicted octanol–water partition coefficient (Wildman–Crippen LogP) is 5.70. The topological polar surface area (TPSA) is 103 Å². The number of phenols is 1. The van der Waals surface area contributed by atoms with Gasteiger partial charge in [-0.25, -0.2) is 8.42 Å². The van der Waals surface area contributed by atoms with Gasteiger partial charge in [0.25, 0.3) is 10.0 Å². The SMILES string of the molecule is COc1cc(/C=C\c2ccc(O)c(OC)c2NS(=O)(=O)c2ccc(C(C)(C)C)cc2)cc(OC)c1OC. The molecular weight excluding hydrogens is 494 g/mol. The van der Waals surface area contributed by atoms with Crippen LogP contribution >= 0.6 is 0 Å². The van der Waals surface area contributed by atoms with Crippen LogP contribution in [0.15, 0.2) is 53.4 Å². The highest BCUT2D eigenvalue weighted by Crippen LogP contribution is 2.41. The average molecular weight is 528 g/mol. The number of hydrogen-bond donors (Lipinski definition) is 2. The van der Waals surface area contributed by atoms with E-state index in [2.05, 4.69) is 25.5 Å². The molecule has 0 aliphatic rings. The Balaban J connectivity index is 2.04. The van der Waals surface area contributed by atoms with Gasteiger partial charge in [0.1, 0.15) is 5.69 Å². The monoisotopic (exact) mass is 527 g/mol. The molecule has 3 rings (SSSR count). The zero-order valence-corrected chi connectivity index (χ0v) is 22.9. The van der Waals surface area contributed by atoms with Gasteiger partial charge in [0.2, 0.25) is 5.75 Å².